The van der Waals surface area contributed by atoms with Crippen LogP contribution >= 0.6 is 0 Å². The van der Waals surface area contributed by atoms with Gasteiger partial charge >= 0.3 is 0 Å². The largest absolute Gasteiger partial charge is 0.435 e. The maximum atomic E-state index is 6.20. The van der Waals surface area contributed by atoms with Crippen molar-refractivity contribution in [1.82, 2.24) is 4.98 Å². The minimum atomic E-state index is 0.116. The molecule has 2 heterocycles. The first-order chi connectivity index (χ1) is 13.1. The number of aryl methyl sites for hydroxylation is 4. The minimum Gasteiger partial charge on any atom is -0.435 e. The Hall–Kier alpha value is -2.81. The predicted octanol–water partition coefficient (Wildman–Crippen LogP) is 7.19. The molecule has 0 unspecified atom stereocenters. The number of fused-ring (bicyclic) bond motifs is 2. The molecule has 0 aliphatic carbocycles. The van der Waals surface area contributed by atoms with Crippen LogP contribution in [-0.2, 0) is 5.41 Å². The third kappa shape index (κ3) is 3.05. The number of pyridine rings is 1. The van der Waals surface area contributed by atoms with Gasteiger partial charge in [0.25, 0.3) is 0 Å². The molecule has 0 fully saturated rings. The summed E-state index contributed by atoms with van der Waals surface area (Å²) in [6.45, 7) is 15.3. The van der Waals surface area contributed by atoms with Gasteiger partial charge in [0.05, 0.1) is 11.4 Å². The third-order valence-electron chi connectivity index (χ3n) is 5.36. The smallest absolute Gasteiger partial charge is 0.244 e. The van der Waals surface area contributed by atoms with Crippen LogP contribution in [0.2, 0.25) is 0 Å². The second-order valence-corrected chi connectivity index (χ2v) is 8.89. The summed E-state index contributed by atoms with van der Waals surface area (Å²) in [6.07, 6.45) is 0. The van der Waals surface area contributed by atoms with Crippen molar-refractivity contribution >= 4 is 17.1 Å². The molecule has 0 N–H and O–H groups in total. The first-order valence-corrected chi connectivity index (χ1v) is 9.83. The van der Waals surface area contributed by atoms with E-state index in [1.807, 2.05) is 13.0 Å². The molecule has 1 aliphatic heterocycles. The highest BCUT2D eigenvalue weighted by Gasteiger charge is 2.29. The Morgan fingerprint density at radius 1 is 0.821 bits per heavy atom. The molecule has 0 bridgehead atoms. The number of nitrogens with zero attached hydrogens (tertiary/aromatic N) is 2. The molecule has 2 aromatic carbocycles. The fraction of sp³-hybridized carbons (Fsp3) is 0.320. The summed E-state index contributed by atoms with van der Waals surface area (Å²) in [7, 11) is 0. The molecule has 0 saturated heterocycles. The topological polar surface area (TPSA) is 25.4 Å². The summed E-state index contributed by atoms with van der Waals surface area (Å²) in [5.41, 5.74) is 9.34. The summed E-state index contributed by atoms with van der Waals surface area (Å²) in [4.78, 5) is 6.97. The molecule has 3 heteroatoms. The molecule has 4 rings (SSSR count). The van der Waals surface area contributed by atoms with E-state index in [4.69, 9.17) is 4.74 Å². The second kappa shape index (κ2) is 6.37. The second-order valence-electron chi connectivity index (χ2n) is 8.89. The van der Waals surface area contributed by atoms with E-state index in [0.717, 1.165) is 22.8 Å². The normalized spacial score (nSPS) is 13.0. The van der Waals surface area contributed by atoms with E-state index in [-0.39, 0.29) is 5.41 Å². The van der Waals surface area contributed by atoms with Gasteiger partial charge < -0.3 is 9.64 Å². The first-order valence-electron chi connectivity index (χ1n) is 9.83. The molecule has 1 aliphatic rings. The van der Waals surface area contributed by atoms with Gasteiger partial charge in [-0.2, -0.15) is 0 Å². The molecule has 0 atom stereocenters. The number of hydrogen-bond acceptors (Lipinski definition) is 3. The van der Waals surface area contributed by atoms with Gasteiger partial charge in [-0.15, -0.1) is 0 Å². The molecule has 3 nitrogen and oxygen atoms in total. The van der Waals surface area contributed by atoms with E-state index in [1.54, 1.807) is 0 Å². The fourth-order valence-corrected chi connectivity index (χ4v) is 3.88. The van der Waals surface area contributed by atoms with Crippen molar-refractivity contribution in [2.75, 3.05) is 4.90 Å². The van der Waals surface area contributed by atoms with E-state index in [2.05, 4.69) is 87.8 Å². The van der Waals surface area contributed by atoms with Crippen LogP contribution in [0.15, 0.2) is 42.5 Å². The van der Waals surface area contributed by atoms with E-state index >= 15 is 0 Å². The van der Waals surface area contributed by atoms with Crippen molar-refractivity contribution in [2.24, 2.45) is 0 Å². The number of hydrogen-bond donors (Lipinski definition) is 0. The van der Waals surface area contributed by atoms with Crippen LogP contribution in [0, 0.1) is 27.7 Å². The van der Waals surface area contributed by atoms with E-state index in [1.165, 1.54) is 27.9 Å². The molecule has 0 spiro atoms. The van der Waals surface area contributed by atoms with Gasteiger partial charge in [-0.05, 0) is 79.6 Å². The standard InChI is InChI=1S/C25H28N2O/c1-15-8-10-20-22(12-15)28-24-21(11-9-18(4)26-24)27(20)23-16(2)13-19(14-17(23)3)25(5,6)7/h8-14H,1-7H3. The zero-order valence-electron chi connectivity index (χ0n) is 17.8. The van der Waals surface area contributed by atoms with Crippen molar-refractivity contribution in [1.29, 1.82) is 0 Å². The maximum Gasteiger partial charge on any atom is 0.244 e. The van der Waals surface area contributed by atoms with Crippen molar-refractivity contribution in [2.45, 2.75) is 53.9 Å². The van der Waals surface area contributed by atoms with Crippen LogP contribution in [0.4, 0.5) is 17.1 Å². The summed E-state index contributed by atoms with van der Waals surface area (Å²) in [6, 6.07) is 15.1. The van der Waals surface area contributed by atoms with Crippen molar-refractivity contribution in [3.63, 3.8) is 0 Å². The van der Waals surface area contributed by atoms with Gasteiger partial charge in [0.15, 0.2) is 5.75 Å². The van der Waals surface area contributed by atoms with E-state index in [0.29, 0.717) is 5.88 Å². The van der Waals surface area contributed by atoms with Crippen LogP contribution in [0.3, 0.4) is 0 Å². The highest BCUT2D eigenvalue weighted by atomic mass is 16.5. The predicted molar refractivity (Wildman–Crippen MR) is 117 cm³/mol. The molecule has 0 amide bonds. The van der Waals surface area contributed by atoms with E-state index in [9.17, 15) is 0 Å². The SMILES string of the molecule is Cc1ccc2c(c1)Oc1nc(C)ccc1N2c1c(C)cc(C(C)(C)C)cc1C. The number of anilines is 3. The van der Waals surface area contributed by atoms with Gasteiger partial charge in [-0.1, -0.05) is 39.0 Å². The summed E-state index contributed by atoms with van der Waals surface area (Å²) >= 11 is 0. The Morgan fingerprint density at radius 3 is 2.11 bits per heavy atom. The Bertz CT molecular complexity index is 1000. The Balaban J connectivity index is 1.98. The van der Waals surface area contributed by atoms with Crippen molar-refractivity contribution < 1.29 is 4.74 Å². The summed E-state index contributed by atoms with van der Waals surface area (Å²) in [5, 5.41) is 0. The number of ether oxygens (including phenoxy) is 1. The molecule has 0 radical (unpaired) electrons. The lowest BCUT2D eigenvalue weighted by Gasteiger charge is -2.35. The molecular weight excluding hydrogens is 344 g/mol. The average Bonchev–Trinajstić information content (AvgIpc) is 2.59. The highest BCUT2D eigenvalue weighted by Crippen LogP contribution is 2.51. The highest BCUT2D eigenvalue weighted by molar-refractivity contribution is 5.88. The summed E-state index contributed by atoms with van der Waals surface area (Å²) in [5.74, 6) is 1.51. The van der Waals surface area contributed by atoms with Gasteiger partial charge in [0.2, 0.25) is 5.88 Å². The van der Waals surface area contributed by atoms with Gasteiger partial charge in [0, 0.05) is 5.69 Å². The van der Waals surface area contributed by atoms with Crippen LogP contribution in [0.1, 0.15) is 48.7 Å². The van der Waals surface area contributed by atoms with Crippen LogP contribution in [-0.4, -0.2) is 4.98 Å². The average molecular weight is 373 g/mol. The number of rotatable bonds is 1. The molecular formula is C25H28N2O. The quantitative estimate of drug-likeness (QED) is 0.353. The maximum absolute atomic E-state index is 6.20. The van der Waals surface area contributed by atoms with Gasteiger partial charge in [-0.25, -0.2) is 4.98 Å². The van der Waals surface area contributed by atoms with Crippen LogP contribution in [0.25, 0.3) is 0 Å². The zero-order chi connectivity index (χ0) is 20.2. The monoisotopic (exact) mass is 372 g/mol. The Labute approximate surface area is 168 Å². The number of benzene rings is 2. The first kappa shape index (κ1) is 18.5. The minimum absolute atomic E-state index is 0.116. The molecule has 1 aromatic heterocycles. The van der Waals surface area contributed by atoms with E-state index < -0.39 is 0 Å². The van der Waals surface area contributed by atoms with Crippen LogP contribution in [0.5, 0.6) is 11.6 Å². The molecule has 28 heavy (non-hydrogen) atoms. The lowest BCUT2D eigenvalue weighted by Crippen LogP contribution is -2.20. The molecule has 3 aromatic rings. The lowest BCUT2D eigenvalue weighted by atomic mass is 9.84. The third-order valence-corrected chi connectivity index (χ3v) is 5.36. The zero-order valence-corrected chi connectivity index (χ0v) is 17.8. The summed E-state index contributed by atoms with van der Waals surface area (Å²) < 4.78 is 6.20. The Morgan fingerprint density at radius 2 is 1.46 bits per heavy atom. The van der Waals surface area contributed by atoms with Crippen LogP contribution < -0.4 is 9.64 Å². The number of aromatic nitrogens is 1. The van der Waals surface area contributed by atoms with Crippen molar-refractivity contribution in [3.05, 3.63) is 70.4 Å². The van der Waals surface area contributed by atoms with Crippen molar-refractivity contribution in [3.8, 4) is 11.6 Å². The fourth-order valence-electron chi connectivity index (χ4n) is 3.88. The lowest BCUT2D eigenvalue weighted by molar-refractivity contribution is 0.455. The van der Waals surface area contributed by atoms with Gasteiger partial charge in [-0.3, -0.25) is 0 Å². The van der Waals surface area contributed by atoms with Gasteiger partial charge in [0.1, 0.15) is 5.69 Å². The molecule has 0 saturated carbocycles. The Kier molecular flexibility index (Phi) is 4.22. The molecule has 144 valence electrons.